The Balaban J connectivity index is 1.32. The van der Waals surface area contributed by atoms with Gasteiger partial charge in [-0.3, -0.25) is 14.4 Å². The van der Waals surface area contributed by atoms with Gasteiger partial charge in [0.25, 0.3) is 5.56 Å². The van der Waals surface area contributed by atoms with Crippen molar-refractivity contribution in [2.45, 2.75) is 43.3 Å². The summed E-state index contributed by atoms with van der Waals surface area (Å²) in [5.74, 6) is -0.625. The Morgan fingerprint density at radius 1 is 1.17 bits per heavy atom. The second-order valence-electron chi connectivity index (χ2n) is 9.78. The number of hydrogen-bond donors (Lipinski definition) is 3. The number of rotatable bonds is 7. The summed E-state index contributed by atoms with van der Waals surface area (Å²) in [5, 5.41) is 8.86. The molecule has 2 aliphatic rings. The predicted octanol–water partition coefficient (Wildman–Crippen LogP) is 1.97. The van der Waals surface area contributed by atoms with Gasteiger partial charge >= 0.3 is 12.4 Å². The molecule has 3 radical (unpaired) electrons. The van der Waals surface area contributed by atoms with Crippen LogP contribution in [0.3, 0.4) is 0 Å². The summed E-state index contributed by atoms with van der Waals surface area (Å²) >= 11 is 0. The highest BCUT2D eigenvalue weighted by molar-refractivity contribution is 6.16. The quantitative estimate of drug-likeness (QED) is 0.248. The zero-order chi connectivity index (χ0) is 30.2. The number of aromatic nitrogens is 3. The minimum Gasteiger partial charge on any atom is -0.379 e. The molecule has 1 saturated heterocycles. The Hall–Kier alpha value is -3.67. The fraction of sp³-hybridized carbons (Fsp3) is 0.522. The minimum atomic E-state index is -4.93. The molecule has 18 heteroatoms. The van der Waals surface area contributed by atoms with Crippen molar-refractivity contribution in [2.75, 3.05) is 48.4 Å². The average Bonchev–Trinajstić information content (AvgIpc) is 2.99. The van der Waals surface area contributed by atoms with E-state index in [4.69, 9.17) is 4.74 Å². The maximum Gasteiger partial charge on any atom is 0.423 e. The van der Waals surface area contributed by atoms with Crippen molar-refractivity contribution in [3.8, 4) is 0 Å². The van der Waals surface area contributed by atoms with Crippen molar-refractivity contribution < 1.29 is 40.7 Å². The van der Waals surface area contributed by atoms with E-state index >= 15 is 0 Å². The number of piperazine rings is 1. The number of nitrogens with zero attached hydrogens (tertiary/aromatic N) is 4. The molecule has 0 spiro atoms. The van der Waals surface area contributed by atoms with Gasteiger partial charge in [-0.2, -0.15) is 31.4 Å². The lowest BCUT2D eigenvalue weighted by Gasteiger charge is -2.41. The number of hydrogen-bond acceptors (Lipinski definition) is 8. The molecule has 2 amide bonds. The van der Waals surface area contributed by atoms with Gasteiger partial charge in [-0.05, 0) is 13.0 Å². The number of H-pyrrole nitrogens is 1. The van der Waals surface area contributed by atoms with Gasteiger partial charge in [-0.25, -0.2) is 10.1 Å². The molecule has 2 aromatic heterocycles. The summed E-state index contributed by atoms with van der Waals surface area (Å²) in [6, 6.07) is 0.319. The van der Waals surface area contributed by atoms with Crippen molar-refractivity contribution in [3.63, 3.8) is 0 Å². The highest BCUT2D eigenvalue weighted by atomic mass is 28.1. The van der Waals surface area contributed by atoms with E-state index in [0.29, 0.717) is 6.20 Å². The highest BCUT2D eigenvalue weighted by Gasteiger charge is 2.39. The van der Waals surface area contributed by atoms with Gasteiger partial charge in [-0.15, -0.1) is 0 Å². The van der Waals surface area contributed by atoms with Crippen LogP contribution < -0.4 is 21.1 Å². The van der Waals surface area contributed by atoms with Crippen LogP contribution in [0.15, 0.2) is 23.3 Å². The van der Waals surface area contributed by atoms with Crippen molar-refractivity contribution in [3.05, 3.63) is 39.9 Å². The maximum absolute atomic E-state index is 13.3. The third kappa shape index (κ3) is 7.16. The number of fused-ring (bicyclic) bond motifs is 3. The Labute approximate surface area is 232 Å². The molecule has 2 aliphatic heterocycles. The highest BCUT2D eigenvalue weighted by Crippen LogP contribution is 2.37. The molecule has 0 bridgehead atoms. The molecule has 41 heavy (non-hydrogen) atoms. The first kappa shape index (κ1) is 30.3. The summed E-state index contributed by atoms with van der Waals surface area (Å²) in [7, 11) is 3.28. The van der Waals surface area contributed by atoms with Gasteiger partial charge in [0.05, 0.1) is 59.1 Å². The molecule has 2 aromatic rings. The van der Waals surface area contributed by atoms with Crippen LogP contribution in [0, 0.1) is 0 Å². The van der Waals surface area contributed by atoms with Gasteiger partial charge in [0.2, 0.25) is 11.8 Å². The summed E-state index contributed by atoms with van der Waals surface area (Å²) in [4.78, 5) is 44.1. The van der Waals surface area contributed by atoms with Crippen LogP contribution in [0.4, 0.5) is 43.5 Å². The molecule has 221 valence electrons. The maximum atomic E-state index is 13.3. The first-order chi connectivity index (χ1) is 19.0. The third-order valence-electron chi connectivity index (χ3n) is 6.40. The number of halogens is 6. The van der Waals surface area contributed by atoms with Crippen LogP contribution in [0.5, 0.6) is 0 Å². The van der Waals surface area contributed by atoms with E-state index in [-0.39, 0.29) is 63.1 Å². The number of amides is 2. The van der Waals surface area contributed by atoms with Crippen LogP contribution >= 0.6 is 0 Å². The average molecular weight is 605 g/mol. The van der Waals surface area contributed by atoms with Crippen LogP contribution in [-0.2, 0) is 26.7 Å². The first-order valence-electron chi connectivity index (χ1n) is 12.2. The zero-order valence-electron chi connectivity index (χ0n) is 21.4. The monoisotopic (exact) mass is 604 g/mol. The molecule has 4 rings (SSSR count). The SMILES string of the molecule is C[C@]([Si])(COCCC(=O)N1CCN2c3ncc(C(F)(F)F)cc3NC(=O)C[C@@H]2C1)Nc1cn[nH]c(=O)c1C(F)(F)F. The summed E-state index contributed by atoms with van der Waals surface area (Å²) in [5.41, 5.74) is -4.46. The third-order valence-corrected chi connectivity index (χ3v) is 6.67. The molecule has 0 saturated carbocycles. The van der Waals surface area contributed by atoms with Gasteiger partial charge in [-0.1, -0.05) is 0 Å². The summed E-state index contributed by atoms with van der Waals surface area (Å²) in [6.07, 6.45) is -8.18. The fourth-order valence-electron chi connectivity index (χ4n) is 4.59. The summed E-state index contributed by atoms with van der Waals surface area (Å²) < 4.78 is 84.7. The van der Waals surface area contributed by atoms with Gasteiger partial charge in [0.1, 0.15) is 5.56 Å². The van der Waals surface area contributed by atoms with E-state index in [9.17, 15) is 40.7 Å². The summed E-state index contributed by atoms with van der Waals surface area (Å²) in [6.45, 7) is 1.76. The molecule has 0 aromatic carbocycles. The molecule has 4 heterocycles. The molecule has 0 unspecified atom stereocenters. The molecular formula is C23H24F6N7O4Si. The number of carbonyl (C=O) groups excluding carboxylic acids is 2. The number of carbonyl (C=O) groups is 2. The number of anilines is 3. The van der Waals surface area contributed by atoms with Crippen LogP contribution in [0.25, 0.3) is 0 Å². The van der Waals surface area contributed by atoms with E-state index in [1.807, 2.05) is 0 Å². The van der Waals surface area contributed by atoms with E-state index in [1.54, 1.807) is 10.00 Å². The van der Waals surface area contributed by atoms with Crippen molar-refractivity contribution >= 4 is 39.2 Å². The van der Waals surface area contributed by atoms with Crippen LogP contribution in [0.2, 0.25) is 0 Å². The van der Waals surface area contributed by atoms with E-state index in [1.165, 1.54) is 11.8 Å². The second-order valence-corrected chi connectivity index (χ2v) is 10.9. The predicted molar refractivity (Wildman–Crippen MR) is 133 cm³/mol. The number of pyridine rings is 1. The van der Waals surface area contributed by atoms with Crippen molar-refractivity contribution in [2.24, 2.45) is 0 Å². The van der Waals surface area contributed by atoms with Crippen LogP contribution in [0.1, 0.15) is 30.9 Å². The number of aromatic amines is 1. The first-order valence-corrected chi connectivity index (χ1v) is 12.7. The number of alkyl halides is 6. The van der Waals surface area contributed by atoms with E-state index in [0.717, 1.165) is 12.3 Å². The largest absolute Gasteiger partial charge is 0.423 e. The lowest BCUT2D eigenvalue weighted by molar-refractivity contribution is -0.138. The smallest absolute Gasteiger partial charge is 0.379 e. The lowest BCUT2D eigenvalue weighted by atomic mass is 10.1. The molecule has 1 fully saturated rings. The van der Waals surface area contributed by atoms with E-state index in [2.05, 4.69) is 31.0 Å². The van der Waals surface area contributed by atoms with Gasteiger partial charge < -0.3 is 25.2 Å². The molecule has 11 nitrogen and oxygen atoms in total. The zero-order valence-corrected chi connectivity index (χ0v) is 22.4. The lowest BCUT2D eigenvalue weighted by Crippen LogP contribution is -2.55. The van der Waals surface area contributed by atoms with Crippen LogP contribution in [-0.4, -0.2) is 86.2 Å². The Morgan fingerprint density at radius 3 is 2.59 bits per heavy atom. The molecular weight excluding hydrogens is 580 g/mol. The van der Waals surface area contributed by atoms with Gasteiger partial charge in [0.15, 0.2) is 5.82 Å². The molecule has 3 N–H and O–H groups in total. The van der Waals surface area contributed by atoms with Gasteiger partial charge in [0, 0.05) is 37.4 Å². The normalized spacial score (nSPS) is 19.0. The van der Waals surface area contributed by atoms with Crippen molar-refractivity contribution in [1.29, 1.82) is 0 Å². The standard InChI is InChI=1S/C23H24F6N7O4Si/c1-21(41,33-15-9-31-34-20(39)18(15)23(27,28)29)11-40-5-2-17(38)35-3-4-36-13(10-35)7-16(37)32-14-6-12(22(24,25)26)8-30-19(14)36/h6,8-9,13H,2-5,7,10-11H2,1H3,(H,32,37)(H2,33,34,39)/t13-,21+/m1/s1. The molecule has 0 aliphatic carbocycles. The molecule has 2 atom stereocenters. The second kappa shape index (κ2) is 11.3. The minimum absolute atomic E-state index is 0.0509. The van der Waals surface area contributed by atoms with E-state index < -0.39 is 51.8 Å². The topological polar surface area (TPSA) is 133 Å². The fourth-order valence-corrected chi connectivity index (χ4v) is 4.82. The number of ether oxygens (including phenoxy) is 1. The van der Waals surface area contributed by atoms with Crippen molar-refractivity contribution in [1.82, 2.24) is 20.1 Å². The Kier molecular flexibility index (Phi) is 8.35. The Bertz CT molecular complexity index is 1370. The number of nitrogens with one attached hydrogen (secondary N) is 3. The Morgan fingerprint density at radius 2 is 1.90 bits per heavy atom.